The van der Waals surface area contributed by atoms with E-state index in [2.05, 4.69) is 12.2 Å². The van der Waals surface area contributed by atoms with Gasteiger partial charge in [-0.25, -0.2) is 8.42 Å². The first-order valence-electron chi connectivity index (χ1n) is 11.6. The lowest BCUT2D eigenvalue weighted by atomic mass is 10.2. The fraction of sp³-hybridized carbons (Fsp3) is 0.296. The Morgan fingerprint density at radius 1 is 0.886 bits per heavy atom. The van der Waals surface area contributed by atoms with Crippen molar-refractivity contribution in [3.63, 3.8) is 0 Å². The zero-order valence-corrected chi connectivity index (χ0v) is 21.0. The Balaban J connectivity index is 1.43. The molecule has 3 aromatic carbocycles. The number of hydrogen-bond donors (Lipinski definition) is 1. The molecule has 1 N–H and O–H groups in total. The Morgan fingerprint density at radius 3 is 2.14 bits per heavy atom. The minimum Gasteiger partial charge on any atom is -0.492 e. The summed E-state index contributed by atoms with van der Waals surface area (Å²) in [5.41, 5.74) is 1.76. The second-order valence-corrected chi connectivity index (χ2v) is 9.95. The van der Waals surface area contributed by atoms with Gasteiger partial charge in [0.15, 0.2) is 0 Å². The van der Waals surface area contributed by atoms with Gasteiger partial charge in [-0.05, 0) is 66.9 Å². The molecule has 35 heavy (non-hydrogen) atoms. The highest BCUT2D eigenvalue weighted by Crippen LogP contribution is 2.25. The summed E-state index contributed by atoms with van der Waals surface area (Å²) in [5.74, 6) is 1.93. The quantitative estimate of drug-likeness (QED) is 0.344. The number of carbonyl (C=O) groups is 1. The molecule has 0 bridgehead atoms. The third-order valence-electron chi connectivity index (χ3n) is 5.29. The molecule has 0 saturated heterocycles. The van der Waals surface area contributed by atoms with Gasteiger partial charge in [0, 0.05) is 13.0 Å². The molecule has 0 radical (unpaired) electrons. The van der Waals surface area contributed by atoms with Crippen LogP contribution in [0.4, 0.5) is 5.69 Å². The Hall–Kier alpha value is -3.52. The van der Waals surface area contributed by atoms with Gasteiger partial charge in [0.2, 0.25) is 15.9 Å². The van der Waals surface area contributed by atoms with E-state index in [9.17, 15) is 13.2 Å². The maximum absolute atomic E-state index is 12.3. The van der Waals surface area contributed by atoms with Gasteiger partial charge in [-0.3, -0.25) is 9.10 Å². The molecule has 1 amide bonds. The van der Waals surface area contributed by atoms with E-state index >= 15 is 0 Å². The first-order chi connectivity index (χ1) is 16.8. The number of nitrogens with one attached hydrogen (secondary N) is 1. The molecule has 3 rings (SSSR count). The van der Waals surface area contributed by atoms with Crippen LogP contribution in [0.5, 0.6) is 17.2 Å². The topological polar surface area (TPSA) is 84.9 Å². The summed E-state index contributed by atoms with van der Waals surface area (Å²) >= 11 is 0. The molecule has 186 valence electrons. The highest BCUT2D eigenvalue weighted by atomic mass is 32.2. The second kappa shape index (κ2) is 12.8. The third-order valence-corrected chi connectivity index (χ3v) is 6.49. The van der Waals surface area contributed by atoms with E-state index in [1.54, 1.807) is 24.3 Å². The molecule has 8 heteroatoms. The van der Waals surface area contributed by atoms with Gasteiger partial charge in [0.1, 0.15) is 23.9 Å². The maximum atomic E-state index is 12.3. The summed E-state index contributed by atoms with van der Waals surface area (Å²) < 4.78 is 37.4. The van der Waals surface area contributed by atoms with Crippen LogP contribution in [-0.4, -0.2) is 40.3 Å². The zero-order valence-electron chi connectivity index (χ0n) is 20.1. The molecular weight excluding hydrogens is 464 g/mol. The largest absolute Gasteiger partial charge is 0.492 e. The lowest BCUT2D eigenvalue weighted by molar-refractivity contribution is -0.121. The molecule has 0 aliphatic carbocycles. The molecular formula is C27H32N2O5S. The van der Waals surface area contributed by atoms with Gasteiger partial charge < -0.3 is 14.8 Å². The summed E-state index contributed by atoms with van der Waals surface area (Å²) in [6, 6.07) is 24.1. The minimum absolute atomic E-state index is 0.144. The van der Waals surface area contributed by atoms with Gasteiger partial charge in [0.05, 0.1) is 18.5 Å². The number of carbonyl (C=O) groups excluding carboxylic acids is 1. The van der Waals surface area contributed by atoms with Gasteiger partial charge in [-0.15, -0.1) is 0 Å². The fourth-order valence-corrected chi connectivity index (χ4v) is 4.41. The van der Waals surface area contributed by atoms with Crippen molar-refractivity contribution < 1.29 is 22.7 Å². The van der Waals surface area contributed by atoms with Crippen molar-refractivity contribution in [1.82, 2.24) is 5.32 Å². The molecule has 7 nitrogen and oxygen atoms in total. The number of benzene rings is 3. The molecule has 0 unspecified atom stereocenters. The lowest BCUT2D eigenvalue weighted by Gasteiger charge is -2.22. The number of sulfonamides is 1. The Labute approximate surface area is 207 Å². The number of ether oxygens (including phenoxy) is 2. The Kier molecular flexibility index (Phi) is 9.55. The van der Waals surface area contributed by atoms with Crippen molar-refractivity contribution in [2.45, 2.75) is 26.2 Å². The van der Waals surface area contributed by atoms with Crippen molar-refractivity contribution in [3.05, 3.63) is 84.4 Å². The summed E-state index contributed by atoms with van der Waals surface area (Å²) in [5, 5.41) is 2.81. The van der Waals surface area contributed by atoms with Crippen molar-refractivity contribution in [1.29, 1.82) is 0 Å². The van der Waals surface area contributed by atoms with Crippen molar-refractivity contribution in [2.75, 3.05) is 30.3 Å². The average molecular weight is 497 g/mol. The number of anilines is 1. The summed E-state index contributed by atoms with van der Waals surface area (Å²) in [4.78, 5) is 12.2. The van der Waals surface area contributed by atoms with E-state index in [0.29, 0.717) is 36.8 Å². The number of rotatable bonds is 13. The van der Waals surface area contributed by atoms with Crippen molar-refractivity contribution in [2.24, 2.45) is 0 Å². The predicted molar refractivity (Wildman–Crippen MR) is 139 cm³/mol. The van der Waals surface area contributed by atoms with Crippen LogP contribution < -0.4 is 19.1 Å². The highest BCUT2D eigenvalue weighted by Gasteiger charge is 2.17. The smallest absolute Gasteiger partial charge is 0.232 e. The predicted octanol–water partition coefficient (Wildman–Crippen LogP) is 4.78. The molecule has 0 fully saturated rings. The van der Waals surface area contributed by atoms with Crippen LogP contribution in [-0.2, 0) is 21.2 Å². The van der Waals surface area contributed by atoms with Gasteiger partial charge in [-0.1, -0.05) is 37.3 Å². The number of nitrogens with zero attached hydrogens (tertiary/aromatic N) is 1. The first kappa shape index (κ1) is 26.1. The summed E-state index contributed by atoms with van der Waals surface area (Å²) in [6.07, 6.45) is 2.74. The van der Waals surface area contributed by atoms with E-state index in [1.165, 1.54) is 9.87 Å². The highest BCUT2D eigenvalue weighted by molar-refractivity contribution is 7.92. The fourth-order valence-electron chi connectivity index (χ4n) is 3.44. The first-order valence-corrected chi connectivity index (χ1v) is 13.5. The molecule has 0 aliphatic heterocycles. The van der Waals surface area contributed by atoms with Crippen LogP contribution in [0.3, 0.4) is 0 Å². The maximum Gasteiger partial charge on any atom is 0.232 e. The average Bonchev–Trinajstić information content (AvgIpc) is 2.85. The number of hydrogen-bond acceptors (Lipinski definition) is 5. The van der Waals surface area contributed by atoms with Gasteiger partial charge in [-0.2, -0.15) is 0 Å². The van der Waals surface area contributed by atoms with Gasteiger partial charge >= 0.3 is 0 Å². The van der Waals surface area contributed by atoms with E-state index in [4.69, 9.17) is 9.47 Å². The monoisotopic (exact) mass is 496 g/mol. The van der Waals surface area contributed by atoms with Crippen LogP contribution in [0.25, 0.3) is 0 Å². The molecule has 3 aromatic rings. The number of aryl methyl sites for hydroxylation is 1. The van der Waals surface area contributed by atoms with E-state index in [-0.39, 0.29) is 18.9 Å². The minimum atomic E-state index is -3.50. The molecule has 0 heterocycles. The molecule has 0 aliphatic rings. The number of para-hydroxylation sites is 1. The Bertz CT molecular complexity index is 1160. The van der Waals surface area contributed by atoms with Gasteiger partial charge in [0.25, 0.3) is 0 Å². The van der Waals surface area contributed by atoms with Crippen LogP contribution in [0, 0.1) is 0 Å². The van der Waals surface area contributed by atoms with E-state index in [0.717, 1.165) is 18.4 Å². The second-order valence-electron chi connectivity index (χ2n) is 8.04. The lowest BCUT2D eigenvalue weighted by Crippen LogP contribution is -2.32. The molecule has 0 spiro atoms. The van der Waals surface area contributed by atoms with Crippen LogP contribution in [0.1, 0.15) is 25.3 Å². The number of amides is 1. The van der Waals surface area contributed by atoms with E-state index < -0.39 is 10.0 Å². The van der Waals surface area contributed by atoms with Crippen LogP contribution in [0.15, 0.2) is 78.9 Å². The summed E-state index contributed by atoms with van der Waals surface area (Å²) in [7, 11) is -3.50. The standard InChI is InChI=1S/C27H32N2O5S/c1-3-22-11-15-24(16-12-22)33-21-19-28-27(30)10-7-20-29(35(2,31)32)23-13-17-26(18-14-23)34-25-8-5-4-6-9-25/h4-6,8-9,11-18H,3,7,10,19-21H2,1-2H3,(H,28,30). The van der Waals surface area contributed by atoms with Crippen LogP contribution >= 0.6 is 0 Å². The zero-order chi connectivity index (χ0) is 25.1. The molecule has 0 aromatic heterocycles. The van der Waals surface area contributed by atoms with Crippen LogP contribution in [0.2, 0.25) is 0 Å². The normalized spacial score (nSPS) is 11.0. The van der Waals surface area contributed by atoms with Crippen molar-refractivity contribution >= 4 is 21.6 Å². The van der Waals surface area contributed by atoms with Crippen molar-refractivity contribution in [3.8, 4) is 17.2 Å². The molecule has 0 saturated carbocycles. The SMILES string of the molecule is CCc1ccc(OCCNC(=O)CCCN(c2ccc(Oc3ccccc3)cc2)S(C)(=O)=O)cc1. The third kappa shape index (κ3) is 8.64. The van der Waals surface area contributed by atoms with E-state index in [1.807, 2.05) is 54.6 Å². The molecule has 0 atom stereocenters. The summed E-state index contributed by atoms with van der Waals surface area (Å²) in [6.45, 7) is 3.04. The Morgan fingerprint density at radius 2 is 1.51 bits per heavy atom.